The van der Waals surface area contributed by atoms with Gasteiger partial charge >= 0.3 is 0 Å². The van der Waals surface area contributed by atoms with E-state index >= 15 is 0 Å². The van der Waals surface area contributed by atoms with Crippen LogP contribution in [0, 0.1) is 5.92 Å². The minimum absolute atomic E-state index is 0.341. The molecule has 1 fully saturated rings. The minimum atomic E-state index is -0.397. The Kier molecular flexibility index (Phi) is 4.04. The third-order valence-corrected chi connectivity index (χ3v) is 3.60. The molecule has 2 atom stereocenters. The van der Waals surface area contributed by atoms with Crippen molar-refractivity contribution in [3.63, 3.8) is 0 Å². The molecule has 5 nitrogen and oxygen atoms in total. The molecule has 0 amide bonds. The number of aromatic hydroxyl groups is 1. The molecule has 2 unspecified atom stereocenters. The lowest BCUT2D eigenvalue weighted by Crippen LogP contribution is -2.45. The van der Waals surface area contributed by atoms with Gasteiger partial charge in [-0.1, -0.05) is 6.92 Å². The molecule has 0 aliphatic carbocycles. The molecule has 1 aromatic rings. The zero-order chi connectivity index (χ0) is 13.1. The maximum absolute atomic E-state index is 11.3. The van der Waals surface area contributed by atoms with Crippen LogP contribution in [0.2, 0.25) is 0 Å². The van der Waals surface area contributed by atoms with Crippen molar-refractivity contribution in [1.82, 2.24) is 4.90 Å². The number of piperidine rings is 1. The van der Waals surface area contributed by atoms with Crippen LogP contribution < -0.4 is 11.2 Å². The fourth-order valence-corrected chi connectivity index (χ4v) is 2.48. The monoisotopic (exact) mass is 252 g/mol. The van der Waals surface area contributed by atoms with Gasteiger partial charge in [0.15, 0.2) is 5.75 Å². The molecule has 1 aliphatic heterocycles. The molecule has 1 aliphatic rings. The number of nitrogens with zero attached hydrogens (tertiary/aromatic N) is 1. The lowest BCUT2D eigenvalue weighted by Gasteiger charge is -2.37. The van der Waals surface area contributed by atoms with E-state index in [0.29, 0.717) is 30.8 Å². The van der Waals surface area contributed by atoms with Gasteiger partial charge in [0, 0.05) is 18.7 Å². The van der Waals surface area contributed by atoms with Gasteiger partial charge in [-0.3, -0.25) is 9.69 Å². The predicted molar refractivity (Wildman–Crippen MR) is 68.3 cm³/mol. The summed E-state index contributed by atoms with van der Waals surface area (Å²) in [5, 5.41) is 9.14. The zero-order valence-corrected chi connectivity index (χ0v) is 10.6. The van der Waals surface area contributed by atoms with Gasteiger partial charge in [0.2, 0.25) is 5.43 Å². The van der Waals surface area contributed by atoms with Crippen LogP contribution in [0.1, 0.15) is 25.5 Å². The van der Waals surface area contributed by atoms with Gasteiger partial charge in [-0.25, -0.2) is 0 Å². The Morgan fingerprint density at radius 1 is 1.61 bits per heavy atom. The van der Waals surface area contributed by atoms with E-state index in [1.807, 2.05) is 0 Å². The summed E-state index contributed by atoms with van der Waals surface area (Å²) in [4.78, 5) is 13.6. The van der Waals surface area contributed by atoms with Gasteiger partial charge in [-0.05, 0) is 25.3 Å². The van der Waals surface area contributed by atoms with Gasteiger partial charge in [0.25, 0.3) is 0 Å². The number of hydrogen-bond donors (Lipinski definition) is 2. The minimum Gasteiger partial charge on any atom is -0.502 e. The molecule has 0 aromatic carbocycles. The first-order chi connectivity index (χ1) is 8.60. The molecule has 2 rings (SSSR count). The van der Waals surface area contributed by atoms with Crippen molar-refractivity contribution < 1.29 is 9.52 Å². The highest BCUT2D eigenvalue weighted by atomic mass is 16.4. The molecule has 0 bridgehead atoms. The van der Waals surface area contributed by atoms with Crippen LogP contribution in [0.15, 0.2) is 21.5 Å². The SMILES string of the molecule is CC1CCN(Cc2cc(=O)c(O)co2)C(CN)C1. The topological polar surface area (TPSA) is 79.7 Å². The highest BCUT2D eigenvalue weighted by molar-refractivity contribution is 5.15. The Morgan fingerprint density at radius 2 is 2.39 bits per heavy atom. The molecular weight excluding hydrogens is 232 g/mol. The fourth-order valence-electron chi connectivity index (χ4n) is 2.48. The molecule has 5 heteroatoms. The number of hydrogen-bond acceptors (Lipinski definition) is 5. The van der Waals surface area contributed by atoms with Crippen LogP contribution in [-0.2, 0) is 6.54 Å². The molecule has 0 spiro atoms. The second kappa shape index (κ2) is 5.54. The fraction of sp³-hybridized carbons (Fsp3) is 0.615. The third kappa shape index (κ3) is 2.91. The van der Waals surface area contributed by atoms with E-state index in [0.717, 1.165) is 25.6 Å². The van der Waals surface area contributed by atoms with Crippen LogP contribution in [0.5, 0.6) is 5.75 Å². The Morgan fingerprint density at radius 3 is 3.06 bits per heavy atom. The van der Waals surface area contributed by atoms with Gasteiger partial charge in [0.05, 0.1) is 6.54 Å². The first-order valence-electron chi connectivity index (χ1n) is 6.35. The average molecular weight is 252 g/mol. The van der Waals surface area contributed by atoms with Crippen LogP contribution in [0.4, 0.5) is 0 Å². The lowest BCUT2D eigenvalue weighted by atomic mass is 9.92. The Balaban J connectivity index is 2.07. The molecule has 3 N–H and O–H groups in total. The van der Waals surface area contributed by atoms with Gasteiger partial charge < -0.3 is 15.3 Å². The quantitative estimate of drug-likeness (QED) is 0.835. The molecule has 0 radical (unpaired) electrons. The molecule has 1 aromatic heterocycles. The molecule has 0 saturated carbocycles. The van der Waals surface area contributed by atoms with Crippen LogP contribution in [0.25, 0.3) is 0 Å². The van der Waals surface area contributed by atoms with Crippen LogP contribution in [0.3, 0.4) is 0 Å². The molecule has 2 heterocycles. The van der Waals surface area contributed by atoms with Crippen molar-refractivity contribution in [3.05, 3.63) is 28.3 Å². The van der Waals surface area contributed by atoms with E-state index in [2.05, 4.69) is 11.8 Å². The summed E-state index contributed by atoms with van der Waals surface area (Å²) in [5.74, 6) is 0.925. The lowest BCUT2D eigenvalue weighted by molar-refractivity contribution is 0.106. The summed E-state index contributed by atoms with van der Waals surface area (Å²) in [6, 6.07) is 1.69. The summed E-state index contributed by atoms with van der Waals surface area (Å²) in [6.45, 7) is 4.39. The zero-order valence-electron chi connectivity index (χ0n) is 10.6. The van der Waals surface area contributed by atoms with Crippen molar-refractivity contribution in [2.45, 2.75) is 32.4 Å². The van der Waals surface area contributed by atoms with E-state index in [1.165, 1.54) is 6.07 Å². The molecule has 1 saturated heterocycles. The predicted octanol–water partition coefficient (Wildman–Crippen LogP) is 0.905. The van der Waals surface area contributed by atoms with Gasteiger partial charge in [0.1, 0.15) is 12.0 Å². The van der Waals surface area contributed by atoms with E-state index in [4.69, 9.17) is 15.3 Å². The number of nitrogens with two attached hydrogens (primary N) is 1. The molecule has 100 valence electrons. The second-order valence-corrected chi connectivity index (χ2v) is 5.09. The number of likely N-dealkylation sites (tertiary alicyclic amines) is 1. The standard InChI is InChI=1S/C13H20N2O3/c1-9-2-3-15(10(4-9)6-14)7-11-5-12(16)13(17)8-18-11/h5,8-10,17H,2-4,6-7,14H2,1H3. The van der Waals surface area contributed by atoms with Crippen molar-refractivity contribution in [1.29, 1.82) is 0 Å². The molecular formula is C13H20N2O3. The van der Waals surface area contributed by atoms with E-state index in [1.54, 1.807) is 0 Å². The second-order valence-electron chi connectivity index (χ2n) is 5.09. The highest BCUT2D eigenvalue weighted by Gasteiger charge is 2.25. The van der Waals surface area contributed by atoms with E-state index in [9.17, 15) is 4.79 Å². The van der Waals surface area contributed by atoms with E-state index in [-0.39, 0.29) is 5.75 Å². The summed E-state index contributed by atoms with van der Waals surface area (Å²) in [7, 11) is 0. The first kappa shape index (κ1) is 13.1. The Labute approximate surface area is 106 Å². The number of rotatable bonds is 3. The van der Waals surface area contributed by atoms with Crippen molar-refractivity contribution in [2.75, 3.05) is 13.1 Å². The molecule has 18 heavy (non-hydrogen) atoms. The van der Waals surface area contributed by atoms with Gasteiger partial charge in [-0.15, -0.1) is 0 Å². The Bertz CT molecular complexity index is 458. The summed E-state index contributed by atoms with van der Waals surface area (Å²) < 4.78 is 5.23. The summed E-state index contributed by atoms with van der Waals surface area (Å²) >= 11 is 0. The third-order valence-electron chi connectivity index (χ3n) is 3.60. The van der Waals surface area contributed by atoms with Crippen molar-refractivity contribution in [2.24, 2.45) is 11.7 Å². The first-order valence-corrected chi connectivity index (χ1v) is 6.35. The summed E-state index contributed by atoms with van der Waals surface area (Å²) in [5.41, 5.74) is 5.39. The smallest absolute Gasteiger partial charge is 0.226 e. The van der Waals surface area contributed by atoms with Crippen molar-refractivity contribution >= 4 is 0 Å². The Hall–Kier alpha value is -1.33. The van der Waals surface area contributed by atoms with Crippen LogP contribution in [-0.4, -0.2) is 29.1 Å². The maximum atomic E-state index is 11.3. The van der Waals surface area contributed by atoms with Gasteiger partial charge in [-0.2, -0.15) is 0 Å². The normalized spacial score (nSPS) is 25.2. The highest BCUT2D eigenvalue weighted by Crippen LogP contribution is 2.23. The van der Waals surface area contributed by atoms with Crippen molar-refractivity contribution in [3.8, 4) is 5.75 Å². The summed E-state index contributed by atoms with van der Waals surface area (Å²) in [6.07, 6.45) is 3.32. The van der Waals surface area contributed by atoms with E-state index < -0.39 is 5.43 Å². The van der Waals surface area contributed by atoms with Crippen LogP contribution >= 0.6 is 0 Å². The maximum Gasteiger partial charge on any atom is 0.226 e. The largest absolute Gasteiger partial charge is 0.502 e. The average Bonchev–Trinajstić information content (AvgIpc) is 2.36.